The van der Waals surface area contributed by atoms with E-state index in [0.29, 0.717) is 17.3 Å². The van der Waals surface area contributed by atoms with E-state index in [-0.39, 0.29) is 37.2 Å². The Labute approximate surface area is 152 Å². The van der Waals surface area contributed by atoms with Gasteiger partial charge in [-0.2, -0.15) is 0 Å². The zero-order valence-electron chi connectivity index (χ0n) is 15.1. The number of hydrogen-bond acceptors (Lipinski definition) is 3. The molecule has 0 radical (unpaired) electrons. The Hall–Kier alpha value is -0.545. The molecule has 1 unspecified atom stereocenters. The van der Waals surface area contributed by atoms with E-state index in [1.54, 1.807) is 0 Å². The van der Waals surface area contributed by atoms with Crippen LogP contribution in [0.25, 0.3) is 0 Å². The summed E-state index contributed by atoms with van der Waals surface area (Å²) in [4.78, 5) is 0. The molecule has 0 spiro atoms. The summed E-state index contributed by atoms with van der Waals surface area (Å²) in [5.74, 6) is 1.75. The van der Waals surface area contributed by atoms with Crippen molar-refractivity contribution in [3.63, 3.8) is 0 Å². The largest absolute Gasteiger partial charge is 0.475 e. The lowest BCUT2D eigenvalue weighted by atomic mass is 9.41. The van der Waals surface area contributed by atoms with Gasteiger partial charge in [0.05, 0.1) is 11.7 Å². The van der Waals surface area contributed by atoms with Crippen LogP contribution >= 0.6 is 12.4 Å². The van der Waals surface area contributed by atoms with Crippen molar-refractivity contribution in [2.75, 3.05) is 0 Å². The van der Waals surface area contributed by atoms with E-state index in [1.165, 1.54) is 12.0 Å². The lowest BCUT2D eigenvalue weighted by Gasteiger charge is -2.67. The molecule has 1 aromatic carbocycles. The third-order valence-electron chi connectivity index (χ3n) is 7.03. The normalized spacial score (nSPS) is 40.3. The summed E-state index contributed by atoms with van der Waals surface area (Å²) in [6, 6.07) is 10.4. The highest BCUT2D eigenvalue weighted by Crippen LogP contribution is 2.67. The number of hydrogen-bond donors (Lipinski definition) is 1. The van der Waals surface area contributed by atoms with Crippen molar-refractivity contribution >= 4 is 19.5 Å². The summed E-state index contributed by atoms with van der Waals surface area (Å²) in [5, 5.41) is 0. The van der Waals surface area contributed by atoms with Crippen molar-refractivity contribution in [1.82, 2.24) is 0 Å². The quantitative estimate of drug-likeness (QED) is 0.850. The minimum absolute atomic E-state index is 0. The lowest BCUT2D eigenvalue weighted by molar-refractivity contribution is -0.227. The van der Waals surface area contributed by atoms with E-state index >= 15 is 0 Å². The molecule has 6 atom stereocenters. The maximum absolute atomic E-state index is 6.50. The molecule has 2 N–H and O–H groups in total. The molecule has 3 nitrogen and oxygen atoms in total. The molecule has 4 aliphatic rings. The predicted octanol–water partition coefficient (Wildman–Crippen LogP) is 3.49. The van der Waals surface area contributed by atoms with E-state index in [1.807, 2.05) is 6.07 Å². The highest BCUT2D eigenvalue weighted by atomic mass is 35.5. The van der Waals surface area contributed by atoms with Crippen LogP contribution in [0.1, 0.15) is 39.7 Å². The van der Waals surface area contributed by atoms with Crippen molar-refractivity contribution in [2.24, 2.45) is 28.9 Å². The maximum Gasteiger partial charge on any atom is 0.475 e. The summed E-state index contributed by atoms with van der Waals surface area (Å²) >= 11 is 0. The van der Waals surface area contributed by atoms with Gasteiger partial charge < -0.3 is 15.0 Å². The second-order valence-electron chi connectivity index (χ2n) is 8.66. The topological polar surface area (TPSA) is 44.5 Å². The molecule has 132 valence electrons. The molecule has 3 saturated carbocycles. The van der Waals surface area contributed by atoms with Crippen molar-refractivity contribution in [1.29, 1.82) is 0 Å². The van der Waals surface area contributed by atoms with Gasteiger partial charge >= 0.3 is 7.12 Å². The highest BCUT2D eigenvalue weighted by Gasteiger charge is 2.70. The van der Waals surface area contributed by atoms with Gasteiger partial charge in [0.1, 0.15) is 0 Å². The van der Waals surface area contributed by atoms with Gasteiger partial charge in [0.15, 0.2) is 0 Å². The molecule has 5 heteroatoms. The second kappa shape index (κ2) is 6.01. The highest BCUT2D eigenvalue weighted by molar-refractivity contribution is 6.47. The second-order valence-corrected chi connectivity index (χ2v) is 8.66. The van der Waals surface area contributed by atoms with Crippen LogP contribution in [0, 0.1) is 23.2 Å². The molecular weight excluding hydrogens is 320 g/mol. The smallest absolute Gasteiger partial charge is 0.404 e. The van der Waals surface area contributed by atoms with Crippen molar-refractivity contribution < 1.29 is 9.31 Å². The van der Waals surface area contributed by atoms with E-state index < -0.39 is 0 Å². The maximum atomic E-state index is 6.50. The number of rotatable bonds is 3. The first-order valence-electron chi connectivity index (χ1n) is 8.97. The van der Waals surface area contributed by atoms with Crippen LogP contribution in [0.15, 0.2) is 30.3 Å². The lowest BCUT2D eigenvalue weighted by Crippen LogP contribution is -2.68. The van der Waals surface area contributed by atoms with E-state index in [0.717, 1.165) is 12.3 Å². The average molecular weight is 350 g/mol. The van der Waals surface area contributed by atoms with Crippen LogP contribution < -0.4 is 5.73 Å². The monoisotopic (exact) mass is 349 g/mol. The average Bonchev–Trinajstić information content (AvgIpc) is 2.86. The summed E-state index contributed by atoms with van der Waals surface area (Å²) in [7, 11) is -0.289. The van der Waals surface area contributed by atoms with E-state index in [9.17, 15) is 0 Å². The first-order chi connectivity index (χ1) is 10.8. The van der Waals surface area contributed by atoms with Gasteiger partial charge in [-0.05, 0) is 48.5 Å². The molecule has 1 saturated heterocycles. The van der Waals surface area contributed by atoms with Gasteiger partial charge in [-0.25, -0.2) is 0 Å². The van der Waals surface area contributed by atoms with Gasteiger partial charge in [-0.1, -0.05) is 51.1 Å². The molecule has 1 aromatic rings. The first kappa shape index (κ1) is 18.3. The van der Waals surface area contributed by atoms with Crippen LogP contribution in [0.5, 0.6) is 0 Å². The fourth-order valence-electron chi connectivity index (χ4n) is 5.76. The van der Waals surface area contributed by atoms with Gasteiger partial charge in [-0.15, -0.1) is 12.4 Å². The SMILES string of the molecule is C[C@H]1[C@H]2OB(C(N)Cc3ccccc3)O[C@@]2(C)[C@H]2C[C@@H]1C2(C)C.Cl. The molecule has 1 aliphatic heterocycles. The van der Waals surface area contributed by atoms with Crippen molar-refractivity contribution in [2.45, 2.75) is 58.2 Å². The fraction of sp³-hybridized carbons (Fsp3) is 0.684. The molecule has 5 rings (SSSR count). The van der Waals surface area contributed by atoms with Crippen LogP contribution in [-0.4, -0.2) is 24.8 Å². The molecule has 24 heavy (non-hydrogen) atoms. The Bertz CT molecular complexity index is 598. The summed E-state index contributed by atoms with van der Waals surface area (Å²) in [6.07, 6.45) is 2.25. The Balaban J connectivity index is 0.00000169. The zero-order valence-corrected chi connectivity index (χ0v) is 15.9. The van der Waals surface area contributed by atoms with Crippen molar-refractivity contribution in [3.8, 4) is 0 Å². The number of benzene rings is 1. The van der Waals surface area contributed by atoms with E-state index in [4.69, 9.17) is 15.0 Å². The van der Waals surface area contributed by atoms with Gasteiger partial charge in [0.2, 0.25) is 0 Å². The molecule has 0 amide bonds. The Morgan fingerprint density at radius 2 is 1.92 bits per heavy atom. The minimum Gasteiger partial charge on any atom is -0.404 e. The van der Waals surface area contributed by atoms with Gasteiger partial charge in [0.25, 0.3) is 0 Å². The summed E-state index contributed by atoms with van der Waals surface area (Å²) in [6.45, 7) is 9.37. The third-order valence-corrected chi connectivity index (χ3v) is 7.03. The van der Waals surface area contributed by atoms with Crippen LogP contribution in [0.2, 0.25) is 0 Å². The van der Waals surface area contributed by atoms with Gasteiger partial charge in [0, 0.05) is 5.94 Å². The predicted molar refractivity (Wildman–Crippen MR) is 100 cm³/mol. The van der Waals surface area contributed by atoms with Crippen LogP contribution in [0.3, 0.4) is 0 Å². The molecule has 1 heterocycles. The van der Waals surface area contributed by atoms with Gasteiger partial charge in [-0.3, -0.25) is 0 Å². The molecular formula is C19H29BClNO2. The van der Waals surface area contributed by atoms with Crippen LogP contribution in [-0.2, 0) is 15.7 Å². The third kappa shape index (κ3) is 2.46. The van der Waals surface area contributed by atoms with Crippen LogP contribution in [0.4, 0.5) is 0 Å². The Kier molecular flexibility index (Phi) is 4.57. The summed E-state index contributed by atoms with van der Waals surface area (Å²) in [5.41, 5.74) is 7.86. The standard InChI is InChI=1S/C19H28BNO2.ClH/c1-12-14-11-15(18(14,2)3)19(4)17(12)22-20(23-19)16(21)10-13-8-6-5-7-9-13;/h5-9,12,14-17H,10-11,21H2,1-4H3;1H/t12-,14+,15+,16?,17-,19+;/m1./s1. The number of halogens is 1. The van der Waals surface area contributed by atoms with Crippen molar-refractivity contribution in [3.05, 3.63) is 35.9 Å². The Morgan fingerprint density at radius 1 is 1.25 bits per heavy atom. The first-order valence-corrected chi connectivity index (χ1v) is 8.97. The molecule has 4 fully saturated rings. The molecule has 0 aromatic heterocycles. The fourth-order valence-corrected chi connectivity index (χ4v) is 5.76. The zero-order chi connectivity index (χ0) is 16.4. The Morgan fingerprint density at radius 3 is 2.54 bits per heavy atom. The molecule has 2 bridgehead atoms. The summed E-state index contributed by atoms with van der Waals surface area (Å²) < 4.78 is 12.9. The number of nitrogens with two attached hydrogens (primary N) is 1. The van der Waals surface area contributed by atoms with E-state index in [2.05, 4.69) is 52.0 Å². The minimum atomic E-state index is -0.289. The molecule has 3 aliphatic carbocycles.